The van der Waals surface area contributed by atoms with Crippen molar-refractivity contribution in [3.8, 4) is 0 Å². The molecule has 0 spiro atoms. The van der Waals surface area contributed by atoms with Crippen LogP contribution in [0.4, 0.5) is 0 Å². The Hall–Kier alpha value is -2.43. The Morgan fingerprint density at radius 3 is 2.50 bits per heavy atom. The third kappa shape index (κ3) is 4.71. The first-order valence-corrected chi connectivity index (χ1v) is 4.45. The zero-order valence-electron chi connectivity index (χ0n) is 8.29. The second-order valence-corrected chi connectivity index (χ2v) is 2.80. The first-order valence-electron chi connectivity index (χ1n) is 4.45. The summed E-state index contributed by atoms with van der Waals surface area (Å²) in [5.74, 6) is -2.06. The average molecular weight is 217 g/mol. The van der Waals surface area contributed by atoms with E-state index in [-0.39, 0.29) is 0 Å². The van der Waals surface area contributed by atoms with Crippen molar-refractivity contribution in [2.24, 2.45) is 5.10 Å². The van der Waals surface area contributed by atoms with E-state index in [2.05, 4.69) is 10.5 Å². The van der Waals surface area contributed by atoms with Gasteiger partial charge < -0.3 is 9.90 Å². The van der Waals surface area contributed by atoms with Crippen LogP contribution in [-0.2, 0) is 9.59 Å². The van der Waals surface area contributed by atoms with Gasteiger partial charge in [0, 0.05) is 6.08 Å². The van der Waals surface area contributed by atoms with Gasteiger partial charge in [0.1, 0.15) is 0 Å². The topological polar surface area (TPSA) is 81.6 Å². The lowest BCUT2D eigenvalue weighted by molar-refractivity contribution is -0.297. The van der Waals surface area contributed by atoms with Gasteiger partial charge in [0.25, 0.3) is 5.91 Å². The number of aliphatic carboxylic acids is 1. The van der Waals surface area contributed by atoms with E-state index in [9.17, 15) is 14.7 Å². The highest BCUT2D eigenvalue weighted by Crippen LogP contribution is 1.92. The summed E-state index contributed by atoms with van der Waals surface area (Å²) in [6.07, 6.45) is 2.91. The van der Waals surface area contributed by atoms with Gasteiger partial charge in [0.05, 0.1) is 12.2 Å². The number of rotatable bonds is 4. The molecule has 0 aromatic heterocycles. The largest absolute Gasteiger partial charge is 0.545 e. The number of benzene rings is 1. The molecule has 1 amide bonds. The number of carboxylic acid groups (broad SMARTS) is 1. The van der Waals surface area contributed by atoms with Gasteiger partial charge in [-0.2, -0.15) is 5.10 Å². The monoisotopic (exact) mass is 217 g/mol. The van der Waals surface area contributed by atoms with Crippen LogP contribution in [0.25, 0.3) is 0 Å². The maximum Gasteiger partial charge on any atom is 0.264 e. The molecular formula is C11H9N2O3-. The fraction of sp³-hybridized carbons (Fsp3) is 0. The number of amides is 1. The van der Waals surface area contributed by atoms with Crippen molar-refractivity contribution >= 4 is 18.1 Å². The molecule has 0 saturated carbocycles. The smallest absolute Gasteiger partial charge is 0.264 e. The van der Waals surface area contributed by atoms with Crippen molar-refractivity contribution < 1.29 is 14.7 Å². The van der Waals surface area contributed by atoms with Crippen molar-refractivity contribution in [3.05, 3.63) is 48.0 Å². The standard InChI is InChI=1S/C11H10N2O3/c14-10(6-7-11(15)16)13-12-8-9-4-2-1-3-5-9/h1-8H,(H,13,14)(H,15,16)/p-1. The number of hydrogen-bond acceptors (Lipinski definition) is 4. The maximum atomic E-state index is 10.9. The van der Waals surface area contributed by atoms with E-state index in [1.807, 2.05) is 30.3 Å². The Labute approximate surface area is 92.1 Å². The lowest BCUT2D eigenvalue weighted by atomic mass is 10.2. The summed E-state index contributed by atoms with van der Waals surface area (Å²) in [4.78, 5) is 20.9. The summed E-state index contributed by atoms with van der Waals surface area (Å²) >= 11 is 0. The molecule has 0 fully saturated rings. The van der Waals surface area contributed by atoms with E-state index < -0.39 is 11.9 Å². The molecule has 0 aliphatic heterocycles. The first-order chi connectivity index (χ1) is 7.68. The number of carbonyl (C=O) groups excluding carboxylic acids is 2. The van der Waals surface area contributed by atoms with E-state index in [1.54, 1.807) is 0 Å². The molecule has 0 heterocycles. The van der Waals surface area contributed by atoms with Crippen molar-refractivity contribution in [1.82, 2.24) is 5.43 Å². The highest BCUT2D eigenvalue weighted by molar-refractivity contribution is 5.93. The number of nitrogens with one attached hydrogen (secondary N) is 1. The summed E-state index contributed by atoms with van der Waals surface area (Å²) in [6, 6.07) is 9.15. The highest BCUT2D eigenvalue weighted by Gasteiger charge is 1.90. The van der Waals surface area contributed by atoms with E-state index in [1.165, 1.54) is 6.21 Å². The zero-order chi connectivity index (χ0) is 11.8. The Kier molecular flexibility index (Phi) is 4.46. The van der Waals surface area contributed by atoms with Crippen LogP contribution in [0.5, 0.6) is 0 Å². The predicted molar refractivity (Wildman–Crippen MR) is 56.3 cm³/mol. The van der Waals surface area contributed by atoms with Gasteiger partial charge in [-0.05, 0) is 11.6 Å². The lowest BCUT2D eigenvalue weighted by Gasteiger charge is -1.94. The maximum absolute atomic E-state index is 10.9. The molecule has 0 aliphatic carbocycles. The molecule has 82 valence electrons. The van der Waals surface area contributed by atoms with Crippen molar-refractivity contribution in [2.75, 3.05) is 0 Å². The minimum absolute atomic E-state index is 0.628. The Balaban J connectivity index is 2.43. The van der Waals surface area contributed by atoms with Gasteiger partial charge in [-0.3, -0.25) is 4.79 Å². The minimum atomic E-state index is -1.43. The fourth-order valence-corrected chi connectivity index (χ4v) is 0.891. The molecule has 1 rings (SSSR count). The van der Waals surface area contributed by atoms with Crippen molar-refractivity contribution in [2.45, 2.75) is 0 Å². The summed E-state index contributed by atoms with van der Waals surface area (Å²) in [7, 11) is 0. The first kappa shape index (κ1) is 11.6. The number of hydrogen-bond donors (Lipinski definition) is 1. The molecule has 5 heteroatoms. The molecule has 0 radical (unpaired) electrons. The predicted octanol–water partition coefficient (Wildman–Crippen LogP) is -0.557. The molecule has 1 aromatic rings. The van der Waals surface area contributed by atoms with E-state index >= 15 is 0 Å². The van der Waals surface area contributed by atoms with Crippen LogP contribution in [-0.4, -0.2) is 18.1 Å². The lowest BCUT2D eigenvalue weighted by Crippen LogP contribution is -2.21. The van der Waals surface area contributed by atoms with Crippen LogP contribution in [0.1, 0.15) is 5.56 Å². The van der Waals surface area contributed by atoms with Crippen LogP contribution < -0.4 is 10.5 Å². The summed E-state index contributed by atoms with van der Waals surface area (Å²) in [6.45, 7) is 0. The Morgan fingerprint density at radius 2 is 1.88 bits per heavy atom. The van der Waals surface area contributed by atoms with Crippen LogP contribution in [0.3, 0.4) is 0 Å². The quantitative estimate of drug-likeness (QED) is 0.417. The normalized spacial score (nSPS) is 10.8. The molecule has 16 heavy (non-hydrogen) atoms. The van der Waals surface area contributed by atoms with Gasteiger partial charge >= 0.3 is 0 Å². The summed E-state index contributed by atoms with van der Waals surface area (Å²) in [5, 5.41) is 13.6. The number of hydrazone groups is 1. The van der Waals surface area contributed by atoms with Crippen LogP contribution in [0.15, 0.2) is 47.6 Å². The molecule has 0 saturated heterocycles. The van der Waals surface area contributed by atoms with Gasteiger partial charge in [-0.1, -0.05) is 30.3 Å². The van der Waals surface area contributed by atoms with Crippen molar-refractivity contribution in [3.63, 3.8) is 0 Å². The van der Waals surface area contributed by atoms with Crippen LogP contribution in [0, 0.1) is 0 Å². The number of carboxylic acids is 1. The molecule has 0 aliphatic rings. The highest BCUT2D eigenvalue weighted by atomic mass is 16.4. The number of nitrogens with zero attached hydrogens (tertiary/aromatic N) is 1. The molecule has 0 unspecified atom stereocenters. The molecule has 1 N–H and O–H groups in total. The molecular weight excluding hydrogens is 208 g/mol. The minimum Gasteiger partial charge on any atom is -0.545 e. The third-order valence-electron chi connectivity index (χ3n) is 1.56. The average Bonchev–Trinajstić information content (AvgIpc) is 2.28. The summed E-state index contributed by atoms with van der Waals surface area (Å²) in [5.41, 5.74) is 2.96. The zero-order valence-corrected chi connectivity index (χ0v) is 8.29. The van der Waals surface area contributed by atoms with E-state index in [4.69, 9.17) is 0 Å². The van der Waals surface area contributed by atoms with Crippen LogP contribution in [0.2, 0.25) is 0 Å². The van der Waals surface area contributed by atoms with Gasteiger partial charge in [0.2, 0.25) is 0 Å². The second-order valence-electron chi connectivity index (χ2n) is 2.80. The Bertz CT molecular complexity index is 424. The molecule has 0 atom stereocenters. The molecule has 1 aromatic carbocycles. The fourth-order valence-electron chi connectivity index (χ4n) is 0.891. The van der Waals surface area contributed by atoms with E-state index in [0.717, 1.165) is 11.6 Å². The summed E-state index contributed by atoms with van der Waals surface area (Å²) < 4.78 is 0. The van der Waals surface area contributed by atoms with Gasteiger partial charge in [-0.15, -0.1) is 0 Å². The van der Waals surface area contributed by atoms with E-state index in [0.29, 0.717) is 6.08 Å². The second kappa shape index (κ2) is 6.13. The van der Waals surface area contributed by atoms with Gasteiger partial charge in [-0.25, -0.2) is 5.43 Å². The SMILES string of the molecule is O=C([O-])C=CC(=O)NN=Cc1ccccc1. The van der Waals surface area contributed by atoms with Crippen LogP contribution >= 0.6 is 0 Å². The third-order valence-corrected chi connectivity index (χ3v) is 1.56. The number of carbonyl (C=O) groups is 2. The van der Waals surface area contributed by atoms with Gasteiger partial charge in [0.15, 0.2) is 0 Å². The van der Waals surface area contributed by atoms with Crippen molar-refractivity contribution in [1.29, 1.82) is 0 Å². The molecule has 0 bridgehead atoms. The Morgan fingerprint density at radius 1 is 1.19 bits per heavy atom. The molecule has 5 nitrogen and oxygen atoms in total.